The van der Waals surface area contributed by atoms with Crippen LogP contribution in [0.2, 0.25) is 0 Å². The van der Waals surface area contributed by atoms with Crippen molar-refractivity contribution in [1.29, 1.82) is 0 Å². The molecular formula is C11H22N4O2S. The van der Waals surface area contributed by atoms with Gasteiger partial charge in [0.25, 0.3) is 0 Å². The maximum Gasteiger partial charge on any atom is 0.248 e. The highest BCUT2D eigenvalue weighted by molar-refractivity contribution is 7.89. The van der Waals surface area contributed by atoms with Crippen LogP contribution in [-0.2, 0) is 17.1 Å². The second-order valence-electron chi connectivity index (χ2n) is 4.63. The number of anilines is 1. The van der Waals surface area contributed by atoms with Crippen LogP contribution in [0, 0.1) is 6.92 Å². The van der Waals surface area contributed by atoms with Gasteiger partial charge in [-0.1, -0.05) is 6.92 Å². The molecule has 0 unspecified atom stereocenters. The van der Waals surface area contributed by atoms with Crippen LogP contribution in [0.15, 0.2) is 4.90 Å². The van der Waals surface area contributed by atoms with Crippen molar-refractivity contribution in [3.05, 3.63) is 5.69 Å². The molecule has 6 nitrogen and oxygen atoms in total. The zero-order valence-electron chi connectivity index (χ0n) is 11.6. The average Bonchev–Trinajstić information content (AvgIpc) is 2.49. The number of aromatic nitrogens is 2. The zero-order chi connectivity index (χ0) is 14.1. The summed E-state index contributed by atoms with van der Waals surface area (Å²) >= 11 is 0. The van der Waals surface area contributed by atoms with Gasteiger partial charge in [-0.3, -0.25) is 4.68 Å². The summed E-state index contributed by atoms with van der Waals surface area (Å²) in [5.41, 5.74) is 6.29. The molecule has 0 fully saturated rings. The Morgan fingerprint density at radius 1 is 1.44 bits per heavy atom. The monoisotopic (exact) mass is 274 g/mol. The first-order valence-corrected chi connectivity index (χ1v) is 7.48. The van der Waals surface area contributed by atoms with Crippen LogP contribution in [0.3, 0.4) is 0 Å². The molecule has 0 aliphatic heterocycles. The van der Waals surface area contributed by atoms with Gasteiger partial charge in [-0.25, -0.2) is 8.42 Å². The summed E-state index contributed by atoms with van der Waals surface area (Å²) < 4.78 is 28.2. The number of nitrogens with two attached hydrogens (primary N) is 1. The molecular weight excluding hydrogens is 252 g/mol. The summed E-state index contributed by atoms with van der Waals surface area (Å²) in [6.07, 6.45) is 0.761. The van der Waals surface area contributed by atoms with E-state index in [-0.39, 0.29) is 16.8 Å². The van der Waals surface area contributed by atoms with E-state index in [0.29, 0.717) is 12.2 Å². The highest BCUT2D eigenvalue weighted by atomic mass is 32.2. The SMILES string of the molecule is CCCN(C(C)C)S(=O)(=O)c1c(N)nn(C)c1C. The molecule has 0 radical (unpaired) electrons. The Balaban J connectivity index is 3.35. The van der Waals surface area contributed by atoms with Crippen LogP contribution >= 0.6 is 0 Å². The van der Waals surface area contributed by atoms with Gasteiger partial charge in [0.2, 0.25) is 10.0 Å². The third-order valence-electron chi connectivity index (χ3n) is 2.89. The first-order valence-electron chi connectivity index (χ1n) is 6.04. The number of hydrogen-bond acceptors (Lipinski definition) is 4. The van der Waals surface area contributed by atoms with E-state index in [4.69, 9.17) is 5.73 Å². The summed E-state index contributed by atoms with van der Waals surface area (Å²) in [6.45, 7) is 7.85. The van der Waals surface area contributed by atoms with Crippen molar-refractivity contribution in [2.75, 3.05) is 12.3 Å². The molecule has 0 saturated carbocycles. The summed E-state index contributed by atoms with van der Waals surface area (Å²) in [5, 5.41) is 3.97. The van der Waals surface area contributed by atoms with Gasteiger partial charge in [-0.05, 0) is 27.2 Å². The fourth-order valence-electron chi connectivity index (χ4n) is 1.93. The van der Waals surface area contributed by atoms with E-state index in [2.05, 4.69) is 5.10 Å². The lowest BCUT2D eigenvalue weighted by molar-refractivity contribution is 0.354. The minimum absolute atomic E-state index is 0.0664. The van der Waals surface area contributed by atoms with Crippen molar-refractivity contribution in [2.45, 2.75) is 45.1 Å². The van der Waals surface area contributed by atoms with Crippen LogP contribution in [-0.4, -0.2) is 35.1 Å². The lowest BCUT2D eigenvalue weighted by atomic mass is 10.4. The molecule has 0 aromatic carbocycles. The Kier molecular flexibility index (Phi) is 4.39. The smallest absolute Gasteiger partial charge is 0.248 e. The number of nitrogen functional groups attached to an aromatic ring is 1. The van der Waals surface area contributed by atoms with E-state index in [1.807, 2.05) is 20.8 Å². The van der Waals surface area contributed by atoms with Crippen LogP contribution in [0.5, 0.6) is 0 Å². The van der Waals surface area contributed by atoms with Crippen molar-refractivity contribution in [1.82, 2.24) is 14.1 Å². The topological polar surface area (TPSA) is 81.2 Å². The van der Waals surface area contributed by atoms with E-state index in [1.165, 1.54) is 8.99 Å². The van der Waals surface area contributed by atoms with Crippen LogP contribution in [0.4, 0.5) is 5.82 Å². The van der Waals surface area contributed by atoms with Crippen molar-refractivity contribution in [2.24, 2.45) is 7.05 Å². The average molecular weight is 274 g/mol. The fraction of sp³-hybridized carbons (Fsp3) is 0.727. The van der Waals surface area contributed by atoms with E-state index in [9.17, 15) is 8.42 Å². The number of nitrogens with zero attached hydrogens (tertiary/aromatic N) is 3. The molecule has 18 heavy (non-hydrogen) atoms. The van der Waals surface area contributed by atoms with Gasteiger partial charge in [0.1, 0.15) is 4.90 Å². The first-order chi connectivity index (χ1) is 8.23. The fourth-order valence-corrected chi connectivity index (χ4v) is 3.95. The molecule has 1 aromatic rings. The summed E-state index contributed by atoms with van der Waals surface area (Å²) in [7, 11) is -1.89. The predicted octanol–water partition coefficient (Wildman–Crippen LogP) is 1.12. The standard InChI is InChI=1S/C11H22N4O2S/c1-6-7-15(8(2)3)18(16,17)10-9(4)14(5)13-11(10)12/h8H,6-7H2,1-5H3,(H2,12,13). The highest BCUT2D eigenvalue weighted by Gasteiger charge is 2.32. The Labute approximate surface area is 109 Å². The molecule has 0 spiro atoms. The van der Waals surface area contributed by atoms with Gasteiger partial charge < -0.3 is 5.73 Å². The quantitative estimate of drug-likeness (QED) is 0.872. The maximum absolute atomic E-state index is 12.6. The molecule has 0 saturated heterocycles. The van der Waals surface area contributed by atoms with Gasteiger partial charge in [0.15, 0.2) is 5.82 Å². The predicted molar refractivity (Wildman–Crippen MR) is 71.7 cm³/mol. The molecule has 2 N–H and O–H groups in total. The summed E-state index contributed by atoms with van der Waals surface area (Å²) in [5.74, 6) is 0.0664. The Morgan fingerprint density at radius 2 is 2.00 bits per heavy atom. The molecule has 1 heterocycles. The van der Waals surface area contributed by atoms with Crippen LogP contribution < -0.4 is 5.73 Å². The zero-order valence-corrected chi connectivity index (χ0v) is 12.5. The molecule has 0 aliphatic rings. The van der Waals surface area contributed by atoms with E-state index in [1.54, 1.807) is 14.0 Å². The van der Waals surface area contributed by atoms with Gasteiger partial charge in [0.05, 0.1) is 5.69 Å². The molecule has 0 atom stereocenters. The van der Waals surface area contributed by atoms with Crippen LogP contribution in [0.25, 0.3) is 0 Å². The van der Waals surface area contributed by atoms with Gasteiger partial charge in [0, 0.05) is 19.6 Å². The minimum atomic E-state index is -3.58. The largest absolute Gasteiger partial charge is 0.381 e. The van der Waals surface area contributed by atoms with Crippen molar-refractivity contribution in [3.63, 3.8) is 0 Å². The molecule has 1 rings (SSSR count). The minimum Gasteiger partial charge on any atom is -0.381 e. The molecule has 104 valence electrons. The molecule has 1 aromatic heterocycles. The van der Waals surface area contributed by atoms with Crippen molar-refractivity contribution in [3.8, 4) is 0 Å². The molecule has 0 amide bonds. The third-order valence-corrected chi connectivity index (χ3v) is 5.13. The highest BCUT2D eigenvalue weighted by Crippen LogP contribution is 2.26. The molecule has 0 bridgehead atoms. The first kappa shape index (κ1) is 15.0. The second kappa shape index (κ2) is 5.27. The molecule has 0 aliphatic carbocycles. The second-order valence-corrected chi connectivity index (χ2v) is 6.46. The van der Waals surface area contributed by atoms with E-state index in [0.717, 1.165) is 6.42 Å². The Morgan fingerprint density at radius 3 is 2.33 bits per heavy atom. The van der Waals surface area contributed by atoms with Crippen molar-refractivity contribution < 1.29 is 8.42 Å². The van der Waals surface area contributed by atoms with Crippen molar-refractivity contribution >= 4 is 15.8 Å². The number of hydrogen-bond donors (Lipinski definition) is 1. The Bertz CT molecular complexity index is 519. The normalized spacial score (nSPS) is 12.6. The summed E-state index contributed by atoms with van der Waals surface area (Å²) in [6, 6.07) is -0.103. The summed E-state index contributed by atoms with van der Waals surface area (Å²) in [4.78, 5) is 0.132. The van der Waals surface area contributed by atoms with E-state index < -0.39 is 10.0 Å². The number of aryl methyl sites for hydroxylation is 1. The van der Waals surface area contributed by atoms with Gasteiger partial charge in [-0.15, -0.1) is 0 Å². The van der Waals surface area contributed by atoms with E-state index >= 15 is 0 Å². The van der Waals surface area contributed by atoms with Gasteiger partial charge >= 0.3 is 0 Å². The lowest BCUT2D eigenvalue weighted by Crippen LogP contribution is -2.38. The molecule has 7 heteroatoms. The van der Waals surface area contributed by atoms with Gasteiger partial charge in [-0.2, -0.15) is 9.40 Å². The van der Waals surface area contributed by atoms with Crippen LogP contribution in [0.1, 0.15) is 32.9 Å². The third kappa shape index (κ3) is 2.51. The lowest BCUT2D eigenvalue weighted by Gasteiger charge is -2.25. The Hall–Kier alpha value is -1.08. The number of rotatable bonds is 5. The number of sulfonamides is 1. The maximum atomic E-state index is 12.6.